The van der Waals surface area contributed by atoms with Gasteiger partial charge in [0.15, 0.2) is 11.5 Å². The van der Waals surface area contributed by atoms with Crippen molar-refractivity contribution in [1.29, 1.82) is 0 Å². The topological polar surface area (TPSA) is 50.7 Å². The lowest BCUT2D eigenvalue weighted by atomic mass is 10.2. The smallest absolute Gasteiger partial charge is 0.179 e. The summed E-state index contributed by atoms with van der Waals surface area (Å²) in [6.07, 6.45) is 3.85. The first-order chi connectivity index (χ1) is 9.72. The molecule has 0 aromatic heterocycles. The number of rotatable bonds is 10. The van der Waals surface area contributed by atoms with Crippen LogP contribution in [-0.2, 0) is 6.54 Å². The van der Waals surface area contributed by atoms with Gasteiger partial charge in [0.05, 0.1) is 18.7 Å². The Kier molecular flexibility index (Phi) is 8.42. The monoisotopic (exact) mass is 301 g/mol. The largest absolute Gasteiger partial charge is 0.493 e. The predicted molar refractivity (Wildman–Crippen MR) is 81.8 cm³/mol. The molecule has 0 fully saturated rings. The molecule has 0 aliphatic carbocycles. The van der Waals surface area contributed by atoms with Crippen molar-refractivity contribution >= 4 is 11.6 Å². The van der Waals surface area contributed by atoms with E-state index in [1.165, 1.54) is 0 Å². The minimum Gasteiger partial charge on any atom is -0.493 e. The molecule has 2 N–H and O–H groups in total. The van der Waals surface area contributed by atoms with Gasteiger partial charge in [0.1, 0.15) is 0 Å². The van der Waals surface area contributed by atoms with E-state index in [2.05, 4.69) is 5.32 Å². The highest BCUT2D eigenvalue weighted by Gasteiger charge is 2.11. The third kappa shape index (κ3) is 5.57. The van der Waals surface area contributed by atoms with Crippen molar-refractivity contribution in [2.24, 2.45) is 0 Å². The molecule has 0 spiro atoms. The number of aliphatic hydroxyl groups excluding tert-OH is 1. The van der Waals surface area contributed by atoms with Gasteiger partial charge in [0, 0.05) is 13.2 Å². The Labute approximate surface area is 126 Å². The summed E-state index contributed by atoms with van der Waals surface area (Å²) in [7, 11) is 3.50. The lowest BCUT2D eigenvalue weighted by molar-refractivity contribution is 0.268. The summed E-state index contributed by atoms with van der Waals surface area (Å²) < 4.78 is 11.1. The second kappa shape index (κ2) is 9.86. The number of unbranched alkanes of at least 4 members (excludes halogenated alkanes) is 3. The minimum atomic E-state index is 0.257. The fourth-order valence-electron chi connectivity index (χ4n) is 1.96. The molecule has 1 rings (SSSR count). The number of halogens is 1. The summed E-state index contributed by atoms with van der Waals surface area (Å²) >= 11 is 6.25. The molecule has 0 saturated carbocycles. The van der Waals surface area contributed by atoms with Crippen LogP contribution in [0.3, 0.4) is 0 Å². The molecule has 5 heteroatoms. The molecule has 4 nitrogen and oxygen atoms in total. The van der Waals surface area contributed by atoms with Crippen LogP contribution in [0.15, 0.2) is 12.1 Å². The lowest BCUT2D eigenvalue weighted by Gasteiger charge is -2.14. The Hall–Kier alpha value is -0.970. The molecule has 0 saturated heterocycles. The van der Waals surface area contributed by atoms with Gasteiger partial charge in [-0.3, -0.25) is 0 Å². The molecule has 0 atom stereocenters. The highest BCUT2D eigenvalue weighted by molar-refractivity contribution is 6.32. The summed E-state index contributed by atoms with van der Waals surface area (Å²) in [6, 6.07) is 3.82. The Morgan fingerprint density at radius 2 is 1.95 bits per heavy atom. The van der Waals surface area contributed by atoms with Crippen LogP contribution >= 0.6 is 11.6 Å². The highest BCUT2D eigenvalue weighted by Crippen LogP contribution is 2.36. The molecule has 0 aliphatic heterocycles. The van der Waals surface area contributed by atoms with Crippen LogP contribution in [0.1, 0.15) is 31.2 Å². The van der Waals surface area contributed by atoms with Gasteiger partial charge in [-0.1, -0.05) is 18.0 Å². The normalized spacial score (nSPS) is 10.6. The van der Waals surface area contributed by atoms with Crippen LogP contribution in [0.4, 0.5) is 0 Å². The van der Waals surface area contributed by atoms with E-state index in [0.29, 0.717) is 23.1 Å². The second-order valence-corrected chi connectivity index (χ2v) is 5.03. The van der Waals surface area contributed by atoms with Gasteiger partial charge in [-0.2, -0.15) is 0 Å². The summed E-state index contributed by atoms with van der Waals surface area (Å²) in [6.45, 7) is 1.60. The standard InChI is InChI=1S/C15H24ClNO3/c1-17-11-12-9-13(16)15(14(10-12)19-2)20-8-6-4-3-5-7-18/h9-10,17-18H,3-8,11H2,1-2H3. The zero-order chi connectivity index (χ0) is 14.8. The van der Waals surface area contributed by atoms with Crippen LogP contribution in [-0.4, -0.2) is 32.5 Å². The van der Waals surface area contributed by atoms with E-state index < -0.39 is 0 Å². The summed E-state index contributed by atoms with van der Waals surface area (Å²) in [5.74, 6) is 1.27. The molecule has 1 aromatic carbocycles. The van der Waals surface area contributed by atoms with Crippen LogP contribution in [0.2, 0.25) is 5.02 Å². The highest BCUT2D eigenvalue weighted by atomic mass is 35.5. The zero-order valence-corrected chi connectivity index (χ0v) is 13.0. The van der Waals surface area contributed by atoms with Crippen LogP contribution in [0.25, 0.3) is 0 Å². The maximum absolute atomic E-state index is 8.70. The number of methoxy groups -OCH3 is 1. The van der Waals surface area contributed by atoms with Gasteiger partial charge in [0.25, 0.3) is 0 Å². The van der Waals surface area contributed by atoms with Gasteiger partial charge in [-0.15, -0.1) is 0 Å². The van der Waals surface area contributed by atoms with Crippen molar-refractivity contribution in [3.63, 3.8) is 0 Å². The molecule has 0 amide bonds. The average molecular weight is 302 g/mol. The molecular weight excluding hydrogens is 278 g/mol. The third-order valence-electron chi connectivity index (χ3n) is 2.97. The molecule has 0 radical (unpaired) electrons. The average Bonchev–Trinajstić information content (AvgIpc) is 2.44. The predicted octanol–water partition coefficient (Wildman–Crippen LogP) is 3.00. The lowest BCUT2D eigenvalue weighted by Crippen LogP contribution is -2.06. The fraction of sp³-hybridized carbons (Fsp3) is 0.600. The molecular formula is C15H24ClNO3. The first-order valence-corrected chi connectivity index (χ1v) is 7.35. The summed E-state index contributed by atoms with van der Waals surface area (Å²) in [5.41, 5.74) is 1.06. The number of nitrogens with one attached hydrogen (secondary N) is 1. The molecule has 0 bridgehead atoms. The minimum absolute atomic E-state index is 0.257. The van der Waals surface area contributed by atoms with Gasteiger partial charge >= 0.3 is 0 Å². The Morgan fingerprint density at radius 1 is 1.20 bits per heavy atom. The second-order valence-electron chi connectivity index (χ2n) is 4.63. The molecule has 114 valence electrons. The maximum atomic E-state index is 8.70. The van der Waals surface area contributed by atoms with Gasteiger partial charge in [-0.05, 0) is 44.0 Å². The molecule has 0 heterocycles. The Morgan fingerprint density at radius 3 is 2.60 bits per heavy atom. The van der Waals surface area contributed by atoms with E-state index in [0.717, 1.165) is 37.8 Å². The van der Waals surface area contributed by atoms with Gasteiger partial charge in [0.2, 0.25) is 0 Å². The van der Waals surface area contributed by atoms with Crippen molar-refractivity contribution in [2.45, 2.75) is 32.2 Å². The Balaban J connectivity index is 2.55. The van der Waals surface area contributed by atoms with Crippen LogP contribution in [0, 0.1) is 0 Å². The third-order valence-corrected chi connectivity index (χ3v) is 3.25. The fourth-order valence-corrected chi connectivity index (χ4v) is 2.25. The molecule has 0 aliphatic rings. The van der Waals surface area contributed by atoms with Crippen molar-refractivity contribution in [1.82, 2.24) is 5.32 Å². The summed E-state index contributed by atoms with van der Waals surface area (Å²) in [4.78, 5) is 0. The summed E-state index contributed by atoms with van der Waals surface area (Å²) in [5, 5.41) is 12.4. The molecule has 1 aromatic rings. The number of aliphatic hydroxyl groups is 1. The molecule has 20 heavy (non-hydrogen) atoms. The maximum Gasteiger partial charge on any atom is 0.179 e. The SMILES string of the molecule is CNCc1cc(Cl)c(OCCCCCCO)c(OC)c1. The molecule has 0 unspecified atom stereocenters. The first kappa shape index (κ1) is 17.1. The van der Waals surface area contributed by atoms with Crippen LogP contribution in [0.5, 0.6) is 11.5 Å². The van der Waals surface area contributed by atoms with Gasteiger partial charge < -0.3 is 19.9 Å². The van der Waals surface area contributed by atoms with Gasteiger partial charge in [-0.25, -0.2) is 0 Å². The van der Waals surface area contributed by atoms with Crippen molar-refractivity contribution in [2.75, 3.05) is 27.4 Å². The van der Waals surface area contributed by atoms with Crippen molar-refractivity contribution < 1.29 is 14.6 Å². The van der Waals surface area contributed by atoms with E-state index in [1.54, 1.807) is 7.11 Å². The van der Waals surface area contributed by atoms with Crippen LogP contribution < -0.4 is 14.8 Å². The van der Waals surface area contributed by atoms with Crippen molar-refractivity contribution in [3.05, 3.63) is 22.7 Å². The first-order valence-electron chi connectivity index (χ1n) is 6.97. The zero-order valence-electron chi connectivity index (χ0n) is 12.2. The quantitative estimate of drug-likeness (QED) is 0.652. The number of benzene rings is 1. The number of hydrogen-bond acceptors (Lipinski definition) is 4. The number of ether oxygens (including phenoxy) is 2. The van der Waals surface area contributed by atoms with E-state index in [-0.39, 0.29) is 6.61 Å². The van der Waals surface area contributed by atoms with E-state index in [1.807, 2.05) is 19.2 Å². The van der Waals surface area contributed by atoms with E-state index in [9.17, 15) is 0 Å². The van der Waals surface area contributed by atoms with E-state index >= 15 is 0 Å². The number of hydrogen-bond donors (Lipinski definition) is 2. The Bertz CT molecular complexity index is 399. The van der Waals surface area contributed by atoms with E-state index in [4.69, 9.17) is 26.2 Å². The van der Waals surface area contributed by atoms with Crippen molar-refractivity contribution in [3.8, 4) is 11.5 Å².